The third-order valence-corrected chi connectivity index (χ3v) is 6.67. The number of rotatable bonds is 4. The Balaban J connectivity index is 1.29. The van der Waals surface area contributed by atoms with Gasteiger partial charge in [-0.15, -0.1) is 10.2 Å². The van der Waals surface area contributed by atoms with Crippen molar-refractivity contribution in [2.45, 2.75) is 12.6 Å². The summed E-state index contributed by atoms with van der Waals surface area (Å²) in [4.78, 5) is 21.2. The van der Waals surface area contributed by atoms with Crippen molar-refractivity contribution in [1.82, 2.24) is 34.7 Å². The fourth-order valence-corrected chi connectivity index (χ4v) is 4.49. The van der Waals surface area contributed by atoms with Crippen LogP contribution in [0.1, 0.15) is 28.2 Å². The molecule has 0 aromatic carbocycles. The molecule has 1 unspecified atom stereocenters. The van der Waals surface area contributed by atoms with E-state index < -0.39 is 18.0 Å². The first-order chi connectivity index (χ1) is 18.3. The van der Waals surface area contributed by atoms with Gasteiger partial charge in [0.2, 0.25) is 5.82 Å². The molecule has 1 aliphatic heterocycles. The summed E-state index contributed by atoms with van der Waals surface area (Å²) in [6, 6.07) is 7.02. The number of piperazine rings is 1. The lowest BCUT2D eigenvalue weighted by Crippen LogP contribution is -2.46. The Hall–Kier alpha value is -4.01. The number of amides is 1. The van der Waals surface area contributed by atoms with Gasteiger partial charge in [0.15, 0.2) is 5.65 Å². The van der Waals surface area contributed by atoms with Gasteiger partial charge >= 0.3 is 6.18 Å². The van der Waals surface area contributed by atoms with Crippen LogP contribution in [0.3, 0.4) is 0 Å². The molecule has 4 heterocycles. The number of carbonyl (C=O) groups is 1. The van der Waals surface area contributed by atoms with Gasteiger partial charge < -0.3 is 10.2 Å². The highest BCUT2D eigenvalue weighted by atomic mass is 19.4. The Morgan fingerprint density at radius 3 is 2.71 bits per heavy atom. The number of hydrogen-bond acceptors (Lipinski definition) is 6. The average molecular weight is 522 g/mol. The van der Waals surface area contributed by atoms with Gasteiger partial charge in [0.1, 0.15) is 0 Å². The third kappa shape index (κ3) is 5.93. The molecule has 3 aromatic heterocycles. The molecular weight excluding hydrogens is 495 g/mol. The summed E-state index contributed by atoms with van der Waals surface area (Å²) >= 11 is 0. The molecule has 8 nitrogen and oxygen atoms in total. The molecule has 11 heteroatoms. The van der Waals surface area contributed by atoms with E-state index in [9.17, 15) is 18.0 Å². The Morgan fingerprint density at radius 2 is 1.92 bits per heavy atom. The Labute approximate surface area is 217 Å². The standard InChI is InChI=1S/C27H26F3N7O/c1-35-10-12-36(13-11-35)18-20-6-7-22(15-23(20)27(28,29)30)32-26(38)21-14-19(16-31-17-21)5-8-25-34-33-24-4-2-3-9-37(24)25/h2-4,6-7,9,14,16-17,23H,10-13,15,18H2,1H3,(H,32,38). The van der Waals surface area contributed by atoms with Crippen LogP contribution in [-0.4, -0.2) is 81.2 Å². The van der Waals surface area contributed by atoms with E-state index in [0.717, 1.165) is 26.2 Å². The highest BCUT2D eigenvalue weighted by molar-refractivity contribution is 5.95. The lowest BCUT2D eigenvalue weighted by atomic mass is 9.88. The number of fused-ring (bicyclic) bond motifs is 1. The second kappa shape index (κ2) is 10.8. The van der Waals surface area contributed by atoms with E-state index in [2.05, 4.69) is 37.2 Å². The van der Waals surface area contributed by atoms with Crippen molar-refractivity contribution >= 4 is 11.6 Å². The molecule has 1 aliphatic carbocycles. The highest BCUT2D eigenvalue weighted by Crippen LogP contribution is 2.38. The fourth-order valence-electron chi connectivity index (χ4n) is 4.49. The second-order valence-corrected chi connectivity index (χ2v) is 9.43. The Morgan fingerprint density at radius 1 is 1.11 bits per heavy atom. The molecule has 3 aromatic rings. The maximum absolute atomic E-state index is 13.9. The quantitative estimate of drug-likeness (QED) is 0.532. The largest absolute Gasteiger partial charge is 0.395 e. The van der Waals surface area contributed by atoms with E-state index in [-0.39, 0.29) is 24.2 Å². The van der Waals surface area contributed by atoms with Gasteiger partial charge in [-0.2, -0.15) is 13.2 Å². The maximum Gasteiger partial charge on any atom is 0.395 e. The van der Waals surface area contributed by atoms with E-state index in [1.54, 1.807) is 22.7 Å². The van der Waals surface area contributed by atoms with Crippen LogP contribution < -0.4 is 5.32 Å². The van der Waals surface area contributed by atoms with Crippen LogP contribution >= 0.6 is 0 Å². The molecule has 196 valence electrons. The zero-order valence-corrected chi connectivity index (χ0v) is 20.7. The topological polar surface area (TPSA) is 78.7 Å². The van der Waals surface area contributed by atoms with Crippen molar-refractivity contribution in [3.05, 3.63) is 83.2 Å². The molecule has 2 aliphatic rings. The molecule has 5 rings (SSSR count). The number of alkyl halides is 3. The Bertz CT molecular complexity index is 1460. The monoisotopic (exact) mass is 521 g/mol. The Kier molecular flexibility index (Phi) is 7.26. The van der Waals surface area contributed by atoms with Gasteiger partial charge in [0, 0.05) is 69.0 Å². The predicted octanol–water partition coefficient (Wildman–Crippen LogP) is 2.89. The normalized spacial score (nSPS) is 18.9. The summed E-state index contributed by atoms with van der Waals surface area (Å²) in [5, 5.41) is 10.7. The van der Waals surface area contributed by atoms with Crippen LogP contribution in [0.4, 0.5) is 13.2 Å². The van der Waals surface area contributed by atoms with Crippen LogP contribution in [0.15, 0.2) is 66.3 Å². The summed E-state index contributed by atoms with van der Waals surface area (Å²) in [5.74, 6) is 4.07. The van der Waals surface area contributed by atoms with Crippen LogP contribution in [0.2, 0.25) is 0 Å². The van der Waals surface area contributed by atoms with E-state index in [1.807, 2.05) is 24.1 Å². The minimum atomic E-state index is -4.41. The van der Waals surface area contributed by atoms with Crippen molar-refractivity contribution in [3.63, 3.8) is 0 Å². The van der Waals surface area contributed by atoms with Crippen molar-refractivity contribution in [1.29, 1.82) is 0 Å². The predicted molar refractivity (Wildman–Crippen MR) is 135 cm³/mol. The molecule has 1 fully saturated rings. The molecule has 0 saturated carbocycles. The van der Waals surface area contributed by atoms with E-state index >= 15 is 0 Å². The molecule has 0 radical (unpaired) electrons. The smallest absolute Gasteiger partial charge is 0.326 e. The van der Waals surface area contributed by atoms with Gasteiger partial charge in [-0.3, -0.25) is 19.1 Å². The summed E-state index contributed by atoms with van der Waals surface area (Å²) in [5.41, 5.74) is 1.85. The first kappa shape index (κ1) is 25.6. The van der Waals surface area contributed by atoms with E-state index in [4.69, 9.17) is 0 Å². The zero-order chi connectivity index (χ0) is 26.7. The molecule has 0 bridgehead atoms. The van der Waals surface area contributed by atoms with Crippen molar-refractivity contribution in [3.8, 4) is 11.8 Å². The van der Waals surface area contributed by atoms with Gasteiger partial charge in [0.05, 0.1) is 11.5 Å². The molecule has 0 spiro atoms. The fraction of sp³-hybridized carbons (Fsp3) is 0.333. The number of likely N-dealkylation sites (N-methyl/N-ethyl adjacent to an activating group) is 1. The second-order valence-electron chi connectivity index (χ2n) is 9.43. The van der Waals surface area contributed by atoms with Crippen LogP contribution in [-0.2, 0) is 0 Å². The van der Waals surface area contributed by atoms with Crippen LogP contribution in [0.25, 0.3) is 5.65 Å². The first-order valence-electron chi connectivity index (χ1n) is 12.2. The van der Waals surface area contributed by atoms with Crippen LogP contribution in [0, 0.1) is 17.8 Å². The summed E-state index contributed by atoms with van der Waals surface area (Å²) in [6.07, 6.45) is 2.98. The number of halogens is 3. The average Bonchev–Trinajstić information content (AvgIpc) is 3.32. The molecule has 1 saturated heterocycles. The summed E-state index contributed by atoms with van der Waals surface area (Å²) < 4.78 is 43.6. The summed E-state index contributed by atoms with van der Waals surface area (Å²) in [7, 11) is 2.00. The minimum absolute atomic E-state index is 0.194. The van der Waals surface area contributed by atoms with Gasteiger partial charge in [0.25, 0.3) is 5.91 Å². The van der Waals surface area contributed by atoms with Gasteiger partial charge in [-0.05, 0) is 42.8 Å². The molecule has 38 heavy (non-hydrogen) atoms. The number of hydrogen-bond donors (Lipinski definition) is 1. The molecule has 1 atom stereocenters. The highest BCUT2D eigenvalue weighted by Gasteiger charge is 2.43. The number of carbonyl (C=O) groups excluding carboxylic acids is 1. The lowest BCUT2D eigenvalue weighted by Gasteiger charge is -2.35. The number of nitrogens with one attached hydrogen (secondary N) is 1. The number of nitrogens with zero attached hydrogens (tertiary/aromatic N) is 6. The SMILES string of the molecule is CN1CCN(CC2=CC=C(NC(=O)c3cncc(C#Cc4nnc5ccccn45)c3)CC2C(F)(F)F)CC1. The van der Waals surface area contributed by atoms with Gasteiger partial charge in [-0.25, -0.2) is 0 Å². The van der Waals surface area contributed by atoms with E-state index in [1.165, 1.54) is 24.5 Å². The van der Waals surface area contributed by atoms with Gasteiger partial charge in [-0.1, -0.05) is 18.1 Å². The van der Waals surface area contributed by atoms with Crippen molar-refractivity contribution in [2.75, 3.05) is 39.8 Å². The first-order valence-corrected chi connectivity index (χ1v) is 12.2. The van der Waals surface area contributed by atoms with E-state index in [0.29, 0.717) is 22.6 Å². The molecule has 1 amide bonds. The molecular formula is C27H26F3N7O. The zero-order valence-electron chi connectivity index (χ0n) is 20.7. The lowest BCUT2D eigenvalue weighted by molar-refractivity contribution is -0.165. The maximum atomic E-state index is 13.9. The number of pyridine rings is 2. The minimum Gasteiger partial charge on any atom is -0.326 e. The van der Waals surface area contributed by atoms with Crippen molar-refractivity contribution < 1.29 is 18.0 Å². The third-order valence-electron chi connectivity index (χ3n) is 6.67. The van der Waals surface area contributed by atoms with Crippen molar-refractivity contribution in [2.24, 2.45) is 5.92 Å². The summed E-state index contributed by atoms with van der Waals surface area (Å²) in [6.45, 7) is 3.38. The number of aromatic nitrogens is 4. The van der Waals surface area contributed by atoms with Crippen LogP contribution in [0.5, 0.6) is 0 Å². The number of allylic oxidation sites excluding steroid dienone is 3. The molecule has 1 N–H and O–H groups in total.